The number of aliphatic hydroxyl groups excluding tert-OH is 1. The molecule has 1 aromatic rings. The topological polar surface area (TPSA) is 54.4 Å². The lowest BCUT2D eigenvalue weighted by molar-refractivity contribution is -0.119. The van der Waals surface area contributed by atoms with E-state index in [2.05, 4.69) is 13.8 Å². The molecular weight excluding hydrogens is 355 g/mol. The van der Waals surface area contributed by atoms with Gasteiger partial charge in [0.1, 0.15) is 11.6 Å². The molecule has 3 rings (SSSR count). The summed E-state index contributed by atoms with van der Waals surface area (Å²) in [5, 5.41) is 10.8. The molecule has 28 heavy (non-hydrogen) atoms. The lowest BCUT2D eigenvalue weighted by Gasteiger charge is -2.37. The number of benzene rings is 1. The van der Waals surface area contributed by atoms with Crippen molar-refractivity contribution in [3.05, 3.63) is 58.1 Å². The number of rotatable bonds is 3. The number of ketones is 2. The van der Waals surface area contributed by atoms with Gasteiger partial charge in [-0.25, -0.2) is 4.39 Å². The quantitative estimate of drug-likeness (QED) is 0.715. The standard InChI is InChI=1S/C24H29FO3/c1-14-10-23(2,3)11-17(26)20(14)21(15-6-8-16(25)9-7-15)22-18(27)12-24(4,5)13-19(22)28/h6-9,21,27H,10-13H2,1-5H3. The average Bonchev–Trinajstić information content (AvgIpc) is 2.50. The van der Waals surface area contributed by atoms with E-state index in [1.165, 1.54) is 12.1 Å². The van der Waals surface area contributed by atoms with Crippen LogP contribution in [0.4, 0.5) is 4.39 Å². The highest BCUT2D eigenvalue weighted by Crippen LogP contribution is 2.48. The predicted octanol–water partition coefficient (Wildman–Crippen LogP) is 5.82. The van der Waals surface area contributed by atoms with Crippen molar-refractivity contribution in [2.24, 2.45) is 10.8 Å². The van der Waals surface area contributed by atoms with Crippen molar-refractivity contribution in [1.29, 1.82) is 0 Å². The molecule has 0 heterocycles. The predicted molar refractivity (Wildman–Crippen MR) is 108 cm³/mol. The summed E-state index contributed by atoms with van der Waals surface area (Å²) in [5.41, 5.74) is 2.04. The molecule has 150 valence electrons. The molecular formula is C24H29FO3. The van der Waals surface area contributed by atoms with Crippen LogP contribution in [0.15, 0.2) is 46.7 Å². The fraction of sp³-hybridized carbons (Fsp3) is 0.500. The Bertz CT molecular complexity index is 833. The Kier molecular flexibility index (Phi) is 5.11. The van der Waals surface area contributed by atoms with Crippen molar-refractivity contribution in [2.75, 3.05) is 0 Å². The largest absolute Gasteiger partial charge is 0.512 e. The summed E-state index contributed by atoms with van der Waals surface area (Å²) in [7, 11) is 0. The van der Waals surface area contributed by atoms with Crippen molar-refractivity contribution in [3.8, 4) is 0 Å². The van der Waals surface area contributed by atoms with Gasteiger partial charge in [-0.3, -0.25) is 9.59 Å². The van der Waals surface area contributed by atoms with E-state index < -0.39 is 5.92 Å². The van der Waals surface area contributed by atoms with Crippen molar-refractivity contribution in [2.45, 2.75) is 66.2 Å². The van der Waals surface area contributed by atoms with Gasteiger partial charge in [0.2, 0.25) is 0 Å². The minimum absolute atomic E-state index is 0.000934. The number of hydrogen-bond acceptors (Lipinski definition) is 3. The summed E-state index contributed by atoms with van der Waals surface area (Å²) in [6, 6.07) is 5.90. The average molecular weight is 384 g/mol. The Balaban J connectivity index is 2.22. The second kappa shape index (κ2) is 6.98. The Morgan fingerprint density at radius 1 is 0.857 bits per heavy atom. The second-order valence-corrected chi connectivity index (χ2v) is 9.92. The first kappa shape index (κ1) is 20.5. The fourth-order valence-corrected chi connectivity index (χ4v) is 4.81. The van der Waals surface area contributed by atoms with Crippen LogP contribution in [0.5, 0.6) is 0 Å². The molecule has 2 aliphatic carbocycles. The lowest BCUT2D eigenvalue weighted by Crippen LogP contribution is -2.33. The molecule has 3 nitrogen and oxygen atoms in total. The van der Waals surface area contributed by atoms with Gasteiger partial charge in [0.25, 0.3) is 0 Å². The first-order chi connectivity index (χ1) is 12.9. The summed E-state index contributed by atoms with van der Waals surface area (Å²) >= 11 is 0. The van der Waals surface area contributed by atoms with E-state index in [4.69, 9.17) is 0 Å². The van der Waals surface area contributed by atoms with Crippen LogP contribution >= 0.6 is 0 Å². The third-order valence-corrected chi connectivity index (χ3v) is 5.82. The maximum absolute atomic E-state index is 13.5. The molecule has 0 spiro atoms. The Labute approximate surface area is 166 Å². The van der Waals surface area contributed by atoms with Gasteiger partial charge in [-0.2, -0.15) is 0 Å². The third-order valence-electron chi connectivity index (χ3n) is 5.82. The summed E-state index contributed by atoms with van der Waals surface area (Å²) in [6.45, 7) is 9.94. The van der Waals surface area contributed by atoms with Crippen molar-refractivity contribution < 1.29 is 19.1 Å². The molecule has 0 aromatic heterocycles. The molecule has 2 aliphatic rings. The van der Waals surface area contributed by atoms with Crippen LogP contribution in [0, 0.1) is 16.6 Å². The van der Waals surface area contributed by atoms with Gasteiger partial charge in [0, 0.05) is 36.3 Å². The second-order valence-electron chi connectivity index (χ2n) is 9.92. The van der Waals surface area contributed by atoms with Gasteiger partial charge in [-0.05, 0) is 41.9 Å². The van der Waals surface area contributed by atoms with Gasteiger partial charge in [0.15, 0.2) is 11.6 Å². The molecule has 1 N–H and O–H groups in total. The minimum Gasteiger partial charge on any atom is -0.512 e. The lowest BCUT2D eigenvalue weighted by atomic mass is 9.65. The Hall–Kier alpha value is -2.23. The SMILES string of the molecule is CC1=C(C(C2=C(O)CC(C)(C)CC2=O)c2ccc(F)cc2)C(=O)CC(C)(C)C1. The number of halogens is 1. The first-order valence-electron chi connectivity index (χ1n) is 9.84. The minimum atomic E-state index is -0.646. The van der Waals surface area contributed by atoms with Crippen LogP contribution in [0.3, 0.4) is 0 Å². The molecule has 0 bridgehead atoms. The summed E-state index contributed by atoms with van der Waals surface area (Å²) in [4.78, 5) is 26.2. The van der Waals surface area contributed by atoms with Crippen LogP contribution in [-0.4, -0.2) is 16.7 Å². The van der Waals surface area contributed by atoms with E-state index in [-0.39, 0.29) is 34.0 Å². The van der Waals surface area contributed by atoms with Gasteiger partial charge in [-0.15, -0.1) is 0 Å². The number of carbonyl (C=O) groups excluding carboxylic acids is 2. The molecule has 0 radical (unpaired) electrons. The summed E-state index contributed by atoms with van der Waals surface area (Å²) in [5.74, 6) is -1.11. The normalized spacial score (nSPS) is 23.2. The summed E-state index contributed by atoms with van der Waals surface area (Å²) < 4.78 is 13.5. The molecule has 0 amide bonds. The van der Waals surface area contributed by atoms with E-state index in [0.29, 0.717) is 36.0 Å². The van der Waals surface area contributed by atoms with Crippen LogP contribution in [0.2, 0.25) is 0 Å². The van der Waals surface area contributed by atoms with Gasteiger partial charge in [0.05, 0.1) is 0 Å². The fourth-order valence-electron chi connectivity index (χ4n) is 4.81. The van der Waals surface area contributed by atoms with E-state index >= 15 is 0 Å². The van der Waals surface area contributed by atoms with Crippen LogP contribution in [0.1, 0.15) is 71.8 Å². The number of hydrogen-bond donors (Lipinski definition) is 1. The van der Waals surface area contributed by atoms with Crippen LogP contribution in [0.25, 0.3) is 0 Å². The van der Waals surface area contributed by atoms with Gasteiger partial charge < -0.3 is 5.11 Å². The Morgan fingerprint density at radius 3 is 1.86 bits per heavy atom. The zero-order chi connectivity index (χ0) is 20.9. The monoisotopic (exact) mass is 384 g/mol. The maximum Gasteiger partial charge on any atom is 0.163 e. The van der Waals surface area contributed by atoms with Gasteiger partial charge in [-0.1, -0.05) is 45.4 Å². The van der Waals surface area contributed by atoms with Crippen LogP contribution in [-0.2, 0) is 9.59 Å². The molecule has 0 aliphatic heterocycles. The van der Waals surface area contributed by atoms with E-state index in [1.807, 2.05) is 20.8 Å². The first-order valence-corrected chi connectivity index (χ1v) is 9.84. The highest BCUT2D eigenvalue weighted by atomic mass is 19.1. The molecule has 0 saturated carbocycles. The molecule has 0 fully saturated rings. The number of carbonyl (C=O) groups is 2. The smallest absolute Gasteiger partial charge is 0.163 e. The highest BCUT2D eigenvalue weighted by Gasteiger charge is 2.42. The van der Waals surface area contributed by atoms with E-state index in [1.54, 1.807) is 12.1 Å². The molecule has 1 unspecified atom stereocenters. The molecule has 4 heteroatoms. The number of allylic oxidation sites excluding steroid dienone is 4. The van der Waals surface area contributed by atoms with Crippen molar-refractivity contribution in [3.63, 3.8) is 0 Å². The highest BCUT2D eigenvalue weighted by molar-refractivity contribution is 6.05. The molecule has 1 atom stereocenters. The third kappa shape index (κ3) is 3.96. The number of Topliss-reactive ketones (excluding diaryl/α,β-unsaturated/α-hetero) is 2. The van der Waals surface area contributed by atoms with Crippen LogP contribution < -0.4 is 0 Å². The zero-order valence-electron chi connectivity index (χ0n) is 17.4. The van der Waals surface area contributed by atoms with E-state index in [9.17, 15) is 19.1 Å². The molecule has 1 aromatic carbocycles. The maximum atomic E-state index is 13.5. The van der Waals surface area contributed by atoms with Gasteiger partial charge >= 0.3 is 0 Å². The van der Waals surface area contributed by atoms with E-state index in [0.717, 1.165) is 12.0 Å². The zero-order valence-corrected chi connectivity index (χ0v) is 17.4. The van der Waals surface area contributed by atoms with Crippen molar-refractivity contribution in [1.82, 2.24) is 0 Å². The van der Waals surface area contributed by atoms with Crippen molar-refractivity contribution >= 4 is 11.6 Å². The summed E-state index contributed by atoms with van der Waals surface area (Å²) in [6.07, 6.45) is 1.85. The Morgan fingerprint density at radius 2 is 1.36 bits per heavy atom. The number of aliphatic hydroxyl groups is 1. The molecule has 0 saturated heterocycles.